The predicted molar refractivity (Wildman–Crippen MR) is 155 cm³/mol. The fourth-order valence-electron chi connectivity index (χ4n) is 4.74. The predicted octanol–water partition coefficient (Wildman–Crippen LogP) is 5.80. The molecule has 1 saturated carbocycles. The molecule has 0 saturated heterocycles. The van der Waals surface area contributed by atoms with Crippen molar-refractivity contribution in [2.24, 2.45) is 0 Å². The fraction of sp³-hybridized carbons (Fsp3) is 0.581. The van der Waals surface area contributed by atoms with E-state index in [0.717, 1.165) is 43.5 Å². The summed E-state index contributed by atoms with van der Waals surface area (Å²) < 4.78 is 10.5. The van der Waals surface area contributed by atoms with Crippen LogP contribution in [0.5, 0.6) is 11.5 Å². The van der Waals surface area contributed by atoms with Gasteiger partial charge in [0.2, 0.25) is 0 Å². The van der Waals surface area contributed by atoms with Crippen molar-refractivity contribution >= 4 is 6.09 Å². The van der Waals surface area contributed by atoms with Crippen LogP contribution in [0.3, 0.4) is 0 Å². The van der Waals surface area contributed by atoms with Gasteiger partial charge in [-0.2, -0.15) is 0 Å². The van der Waals surface area contributed by atoms with E-state index in [0.29, 0.717) is 12.3 Å². The van der Waals surface area contributed by atoms with Crippen LogP contribution >= 0.6 is 0 Å². The van der Waals surface area contributed by atoms with Crippen molar-refractivity contribution in [3.05, 3.63) is 59.7 Å². The summed E-state index contributed by atoms with van der Waals surface area (Å²) in [5.74, 6) is 1.63. The minimum atomic E-state index is -0.558. The van der Waals surface area contributed by atoms with Crippen LogP contribution in [0.2, 0.25) is 0 Å². The highest BCUT2D eigenvalue weighted by molar-refractivity contribution is 5.70. The maximum Gasteiger partial charge on any atom is 0.414 e. The van der Waals surface area contributed by atoms with E-state index >= 15 is 0 Å². The smallest absolute Gasteiger partial charge is 0.414 e. The quantitative estimate of drug-likeness (QED) is 0.445. The molecular formula is C31H49N3O4. The Labute approximate surface area is 230 Å². The van der Waals surface area contributed by atoms with Gasteiger partial charge in [0.1, 0.15) is 11.5 Å². The number of carbonyl (C=O) groups is 1. The van der Waals surface area contributed by atoms with E-state index in [1.165, 1.54) is 16.9 Å². The average Bonchev–Trinajstić information content (AvgIpc) is 2.91. The molecule has 212 valence electrons. The van der Waals surface area contributed by atoms with Gasteiger partial charge >= 0.3 is 6.09 Å². The summed E-state index contributed by atoms with van der Waals surface area (Å²) in [5, 5.41) is 11.1. The molecule has 1 unspecified atom stereocenters. The maximum atomic E-state index is 11.7. The molecule has 1 amide bonds. The summed E-state index contributed by atoms with van der Waals surface area (Å²) in [6.45, 7) is 5.53. The number of hydrogen-bond acceptors (Lipinski definition) is 6. The number of likely N-dealkylation sites (N-methyl/N-ethyl adjacent to an activating group) is 1. The Morgan fingerprint density at radius 3 is 2.11 bits per heavy atom. The second kappa shape index (κ2) is 15.1. The number of nitrogens with zero attached hydrogens (tertiary/aromatic N) is 3. The largest absolute Gasteiger partial charge is 0.497 e. The highest BCUT2D eigenvalue weighted by Gasteiger charge is 2.38. The highest BCUT2D eigenvalue weighted by Crippen LogP contribution is 2.40. The van der Waals surface area contributed by atoms with Gasteiger partial charge in [0, 0.05) is 32.1 Å². The van der Waals surface area contributed by atoms with Crippen LogP contribution < -0.4 is 9.47 Å². The number of rotatable bonds is 9. The number of aliphatic hydroxyl groups is 1. The first-order valence-corrected chi connectivity index (χ1v) is 13.7. The molecule has 0 aliphatic heterocycles. The van der Waals surface area contributed by atoms with Crippen molar-refractivity contribution in [1.82, 2.24) is 14.7 Å². The standard InChI is InChI=1S/C17H27NO2.C14H22N2O2/c1-18(2)13-16(17(19)11-5-4-6-12-17)14-7-9-15(20-3)10-8-14;1-6-16(5)14(17)18-13-9-7-8-12(10-13)11(2)15(3)4/h7-10,16,19H,4-6,11-13H2,1-3H3;7-11H,6H2,1-5H3/t;11-/m.0/s1. The van der Waals surface area contributed by atoms with E-state index in [2.05, 4.69) is 43.0 Å². The normalized spacial score (nSPS) is 16.3. The zero-order valence-electron chi connectivity index (χ0n) is 24.7. The number of amides is 1. The summed E-state index contributed by atoms with van der Waals surface area (Å²) >= 11 is 0. The van der Waals surface area contributed by atoms with Crippen molar-refractivity contribution in [2.75, 3.05) is 55.4 Å². The number of hydrogen-bond donors (Lipinski definition) is 1. The van der Waals surface area contributed by atoms with Crippen molar-refractivity contribution < 1.29 is 19.4 Å². The SMILES string of the molecule is CCN(C)C(=O)Oc1cccc([C@H](C)N(C)C)c1.COc1ccc(C(CN(C)C)C2(O)CCCCC2)cc1. The average molecular weight is 528 g/mol. The Hall–Kier alpha value is -2.61. The lowest BCUT2D eigenvalue weighted by atomic mass is 9.72. The van der Waals surface area contributed by atoms with Crippen molar-refractivity contribution in [3.8, 4) is 11.5 Å². The second-order valence-electron chi connectivity index (χ2n) is 10.8. The minimum absolute atomic E-state index is 0.170. The molecule has 3 rings (SSSR count). The van der Waals surface area contributed by atoms with Gasteiger partial charge in [-0.1, -0.05) is 43.5 Å². The molecule has 1 aliphatic carbocycles. The summed E-state index contributed by atoms with van der Waals surface area (Å²) in [6, 6.07) is 16.1. The molecule has 2 aromatic rings. The summed E-state index contributed by atoms with van der Waals surface area (Å²) in [4.78, 5) is 17.5. The molecule has 1 N–H and O–H groups in total. The highest BCUT2D eigenvalue weighted by atomic mass is 16.6. The van der Waals surface area contributed by atoms with E-state index in [1.807, 2.05) is 51.4 Å². The lowest BCUT2D eigenvalue weighted by molar-refractivity contribution is -0.0277. The Morgan fingerprint density at radius 1 is 0.947 bits per heavy atom. The molecule has 2 aromatic carbocycles. The number of methoxy groups -OCH3 is 1. The molecule has 7 nitrogen and oxygen atoms in total. The Morgan fingerprint density at radius 2 is 1.58 bits per heavy atom. The van der Waals surface area contributed by atoms with Crippen LogP contribution in [0.1, 0.15) is 69.0 Å². The molecule has 0 radical (unpaired) electrons. The molecule has 0 aromatic heterocycles. The molecular weight excluding hydrogens is 478 g/mol. The van der Waals surface area contributed by atoms with Crippen LogP contribution in [0.15, 0.2) is 48.5 Å². The van der Waals surface area contributed by atoms with Crippen molar-refractivity contribution in [2.45, 2.75) is 63.5 Å². The number of ether oxygens (including phenoxy) is 2. The van der Waals surface area contributed by atoms with Crippen LogP contribution in [-0.2, 0) is 0 Å². The zero-order valence-corrected chi connectivity index (χ0v) is 24.7. The molecule has 1 aliphatic rings. The Bertz CT molecular complexity index is 971. The molecule has 0 heterocycles. The summed E-state index contributed by atoms with van der Waals surface area (Å²) in [6.07, 6.45) is 5.02. The van der Waals surface area contributed by atoms with Gasteiger partial charge in [-0.3, -0.25) is 0 Å². The zero-order chi connectivity index (χ0) is 28.3. The molecule has 0 bridgehead atoms. The first-order chi connectivity index (χ1) is 18.0. The first kappa shape index (κ1) is 31.6. The molecule has 2 atom stereocenters. The number of carbonyl (C=O) groups excluding carboxylic acids is 1. The molecule has 0 spiro atoms. The van der Waals surface area contributed by atoms with Gasteiger partial charge in [-0.05, 0) is 90.3 Å². The van der Waals surface area contributed by atoms with E-state index in [1.54, 1.807) is 20.2 Å². The third-order valence-corrected chi connectivity index (χ3v) is 7.54. The van der Waals surface area contributed by atoms with E-state index in [-0.39, 0.29) is 18.1 Å². The number of benzene rings is 2. The lowest BCUT2D eigenvalue weighted by Gasteiger charge is -2.40. The van der Waals surface area contributed by atoms with Crippen LogP contribution in [-0.4, -0.2) is 86.9 Å². The summed E-state index contributed by atoms with van der Waals surface area (Å²) in [7, 11) is 11.6. The second-order valence-corrected chi connectivity index (χ2v) is 10.8. The topological polar surface area (TPSA) is 65.5 Å². The Kier molecular flexibility index (Phi) is 12.6. The van der Waals surface area contributed by atoms with E-state index in [4.69, 9.17) is 9.47 Å². The van der Waals surface area contributed by atoms with Gasteiger partial charge in [-0.25, -0.2) is 4.79 Å². The molecule has 7 heteroatoms. The van der Waals surface area contributed by atoms with Gasteiger partial charge in [0.25, 0.3) is 0 Å². The minimum Gasteiger partial charge on any atom is -0.497 e. The molecule has 38 heavy (non-hydrogen) atoms. The van der Waals surface area contributed by atoms with Gasteiger partial charge in [0.15, 0.2) is 0 Å². The monoisotopic (exact) mass is 527 g/mol. The first-order valence-electron chi connectivity index (χ1n) is 13.7. The molecule has 1 fully saturated rings. The van der Waals surface area contributed by atoms with E-state index in [9.17, 15) is 9.90 Å². The van der Waals surface area contributed by atoms with Gasteiger partial charge < -0.3 is 29.3 Å². The summed E-state index contributed by atoms with van der Waals surface area (Å²) in [5.41, 5.74) is 1.78. The fourth-order valence-corrected chi connectivity index (χ4v) is 4.74. The maximum absolute atomic E-state index is 11.7. The third-order valence-electron chi connectivity index (χ3n) is 7.54. The van der Waals surface area contributed by atoms with Crippen molar-refractivity contribution in [3.63, 3.8) is 0 Å². The Balaban J connectivity index is 0.000000269. The third kappa shape index (κ3) is 9.29. The lowest BCUT2D eigenvalue weighted by Crippen LogP contribution is -2.42. The van der Waals surface area contributed by atoms with Gasteiger partial charge in [-0.15, -0.1) is 0 Å². The van der Waals surface area contributed by atoms with E-state index < -0.39 is 5.60 Å². The van der Waals surface area contributed by atoms with Crippen LogP contribution in [0, 0.1) is 0 Å². The van der Waals surface area contributed by atoms with Gasteiger partial charge in [0.05, 0.1) is 12.7 Å². The van der Waals surface area contributed by atoms with Crippen LogP contribution in [0.4, 0.5) is 4.79 Å². The van der Waals surface area contributed by atoms with Crippen LogP contribution in [0.25, 0.3) is 0 Å². The van der Waals surface area contributed by atoms with Crippen molar-refractivity contribution in [1.29, 1.82) is 0 Å².